The van der Waals surface area contributed by atoms with Gasteiger partial charge in [-0.05, 0) is 73.0 Å². The van der Waals surface area contributed by atoms with E-state index in [1.807, 2.05) is 6.07 Å². The van der Waals surface area contributed by atoms with Crippen LogP contribution >= 0.6 is 0 Å². The van der Waals surface area contributed by atoms with Crippen molar-refractivity contribution in [3.8, 4) is 0 Å². The summed E-state index contributed by atoms with van der Waals surface area (Å²) in [6.07, 6.45) is 3.66. The molecule has 0 aliphatic heterocycles. The van der Waals surface area contributed by atoms with Crippen molar-refractivity contribution in [2.45, 2.75) is 32.3 Å². The molecule has 2 heteroatoms. The zero-order chi connectivity index (χ0) is 12.4. The monoisotopic (exact) mass is 246 g/mol. The fourth-order valence-electron chi connectivity index (χ4n) is 4.83. The maximum atomic E-state index is 13.6. The summed E-state index contributed by atoms with van der Waals surface area (Å²) in [6.45, 7) is 1.76. The topological polar surface area (TPSA) is 20.2 Å². The molecule has 0 saturated heterocycles. The second-order valence-electron chi connectivity index (χ2n) is 6.52. The lowest BCUT2D eigenvalue weighted by Gasteiger charge is -2.16. The van der Waals surface area contributed by atoms with Gasteiger partial charge >= 0.3 is 0 Å². The van der Waals surface area contributed by atoms with Crippen LogP contribution in [-0.4, -0.2) is 5.11 Å². The highest BCUT2D eigenvalue weighted by Gasteiger charge is 2.66. The number of rotatable bonds is 2. The van der Waals surface area contributed by atoms with E-state index in [0.717, 1.165) is 29.2 Å². The molecule has 18 heavy (non-hydrogen) atoms. The largest absolute Gasteiger partial charge is 0.388 e. The first kappa shape index (κ1) is 11.0. The van der Waals surface area contributed by atoms with Gasteiger partial charge in [0.1, 0.15) is 5.82 Å². The van der Waals surface area contributed by atoms with Gasteiger partial charge in [0.15, 0.2) is 0 Å². The van der Waals surface area contributed by atoms with Gasteiger partial charge in [-0.15, -0.1) is 0 Å². The van der Waals surface area contributed by atoms with Gasteiger partial charge in [0.05, 0.1) is 6.10 Å². The SMILES string of the molecule is Cc1ccc(C(O)C2C3C4CCC(C4)C32)cc1F. The molecule has 2 bridgehead atoms. The van der Waals surface area contributed by atoms with E-state index in [2.05, 4.69) is 0 Å². The number of halogens is 1. The Morgan fingerprint density at radius 2 is 1.89 bits per heavy atom. The molecule has 0 aromatic heterocycles. The molecule has 3 aliphatic carbocycles. The first-order chi connectivity index (χ1) is 8.66. The van der Waals surface area contributed by atoms with E-state index in [-0.39, 0.29) is 5.82 Å². The van der Waals surface area contributed by atoms with Crippen LogP contribution in [0.25, 0.3) is 0 Å². The summed E-state index contributed by atoms with van der Waals surface area (Å²) in [5.74, 6) is 3.41. The molecule has 0 amide bonds. The Bertz CT molecular complexity index is 482. The van der Waals surface area contributed by atoms with Gasteiger partial charge in [0, 0.05) is 0 Å². The third-order valence-corrected chi connectivity index (χ3v) is 5.70. The predicted octanol–water partition coefficient (Wildman–Crippen LogP) is 3.46. The van der Waals surface area contributed by atoms with Crippen molar-refractivity contribution in [1.82, 2.24) is 0 Å². The second kappa shape index (κ2) is 3.57. The summed E-state index contributed by atoms with van der Waals surface area (Å²) < 4.78 is 13.6. The number of benzene rings is 1. The van der Waals surface area contributed by atoms with Crippen LogP contribution in [0.15, 0.2) is 18.2 Å². The summed E-state index contributed by atoms with van der Waals surface area (Å²) in [5, 5.41) is 10.5. The Morgan fingerprint density at radius 1 is 1.22 bits per heavy atom. The average Bonchev–Trinajstić information content (AvgIpc) is 2.80. The molecule has 3 aliphatic rings. The van der Waals surface area contributed by atoms with Gasteiger partial charge in [-0.2, -0.15) is 0 Å². The van der Waals surface area contributed by atoms with E-state index in [9.17, 15) is 9.50 Å². The molecule has 96 valence electrons. The summed E-state index contributed by atoms with van der Waals surface area (Å²) >= 11 is 0. The Kier molecular flexibility index (Phi) is 2.18. The second-order valence-corrected chi connectivity index (χ2v) is 6.52. The molecule has 3 fully saturated rings. The maximum Gasteiger partial charge on any atom is 0.126 e. The highest BCUT2D eigenvalue weighted by molar-refractivity contribution is 5.28. The Morgan fingerprint density at radius 3 is 2.50 bits per heavy atom. The molecule has 5 atom stereocenters. The number of aryl methyl sites for hydroxylation is 1. The van der Waals surface area contributed by atoms with Crippen molar-refractivity contribution >= 4 is 0 Å². The quantitative estimate of drug-likeness (QED) is 0.847. The van der Waals surface area contributed by atoms with E-state index in [1.54, 1.807) is 13.0 Å². The molecular formula is C16H19FO. The van der Waals surface area contributed by atoms with E-state index < -0.39 is 6.10 Å². The van der Waals surface area contributed by atoms with Crippen molar-refractivity contribution < 1.29 is 9.50 Å². The van der Waals surface area contributed by atoms with Crippen LogP contribution in [0, 0.1) is 42.3 Å². The van der Waals surface area contributed by atoms with Gasteiger partial charge < -0.3 is 5.11 Å². The molecule has 0 spiro atoms. The lowest BCUT2D eigenvalue weighted by atomic mass is 9.94. The number of aliphatic hydroxyl groups excluding tert-OH is 1. The maximum absolute atomic E-state index is 13.6. The third kappa shape index (κ3) is 1.36. The summed E-state index contributed by atoms with van der Waals surface area (Å²) in [6, 6.07) is 5.19. The van der Waals surface area contributed by atoms with E-state index in [4.69, 9.17) is 0 Å². The molecule has 1 nitrogen and oxygen atoms in total. The van der Waals surface area contributed by atoms with Gasteiger partial charge in [-0.3, -0.25) is 0 Å². The minimum atomic E-state index is -0.446. The minimum absolute atomic E-state index is 0.194. The highest BCUT2D eigenvalue weighted by atomic mass is 19.1. The third-order valence-electron chi connectivity index (χ3n) is 5.70. The first-order valence-electron chi connectivity index (χ1n) is 7.11. The Labute approximate surface area is 107 Å². The van der Waals surface area contributed by atoms with Crippen LogP contribution in [0.5, 0.6) is 0 Å². The van der Waals surface area contributed by atoms with E-state index in [1.165, 1.54) is 25.3 Å². The van der Waals surface area contributed by atoms with Crippen LogP contribution in [0.4, 0.5) is 4.39 Å². The molecule has 1 aromatic carbocycles. The van der Waals surface area contributed by atoms with Gasteiger partial charge in [0.25, 0.3) is 0 Å². The summed E-state index contributed by atoms with van der Waals surface area (Å²) in [4.78, 5) is 0. The number of fused-ring (bicyclic) bond motifs is 5. The standard InChI is InChI=1S/C16H19FO/c1-8-2-3-11(7-12(8)17)16(18)15-13-9-4-5-10(6-9)14(13)15/h2-3,7,9-10,13-16,18H,4-6H2,1H3. The molecule has 4 rings (SSSR count). The molecule has 0 radical (unpaired) electrons. The molecule has 5 unspecified atom stereocenters. The van der Waals surface area contributed by atoms with E-state index >= 15 is 0 Å². The molecule has 1 N–H and O–H groups in total. The lowest BCUT2D eigenvalue weighted by molar-refractivity contribution is 0.129. The number of hydrogen-bond acceptors (Lipinski definition) is 1. The van der Waals surface area contributed by atoms with Gasteiger partial charge in [-0.25, -0.2) is 4.39 Å². The minimum Gasteiger partial charge on any atom is -0.388 e. The van der Waals surface area contributed by atoms with Gasteiger partial charge in [-0.1, -0.05) is 12.1 Å². The highest BCUT2D eigenvalue weighted by Crippen LogP contribution is 2.72. The van der Waals surface area contributed by atoms with Crippen LogP contribution in [-0.2, 0) is 0 Å². The Hall–Kier alpha value is -0.890. The van der Waals surface area contributed by atoms with Crippen LogP contribution < -0.4 is 0 Å². The molecule has 3 saturated carbocycles. The fourth-order valence-corrected chi connectivity index (χ4v) is 4.83. The number of hydrogen-bond donors (Lipinski definition) is 1. The zero-order valence-corrected chi connectivity index (χ0v) is 10.6. The van der Waals surface area contributed by atoms with Crippen LogP contribution in [0.3, 0.4) is 0 Å². The van der Waals surface area contributed by atoms with E-state index in [0.29, 0.717) is 11.5 Å². The molecule has 0 heterocycles. The van der Waals surface area contributed by atoms with Crippen molar-refractivity contribution in [2.75, 3.05) is 0 Å². The Balaban J connectivity index is 1.58. The zero-order valence-electron chi connectivity index (χ0n) is 10.6. The molecule has 1 aromatic rings. The van der Waals surface area contributed by atoms with Gasteiger partial charge in [0.2, 0.25) is 0 Å². The first-order valence-corrected chi connectivity index (χ1v) is 7.11. The predicted molar refractivity (Wildman–Crippen MR) is 67.4 cm³/mol. The van der Waals surface area contributed by atoms with Crippen LogP contribution in [0.2, 0.25) is 0 Å². The van der Waals surface area contributed by atoms with Crippen molar-refractivity contribution in [1.29, 1.82) is 0 Å². The lowest BCUT2D eigenvalue weighted by Crippen LogP contribution is -2.08. The van der Waals surface area contributed by atoms with Crippen molar-refractivity contribution in [3.05, 3.63) is 35.1 Å². The summed E-state index contributed by atoms with van der Waals surface area (Å²) in [5.41, 5.74) is 1.43. The number of aliphatic hydroxyl groups is 1. The van der Waals surface area contributed by atoms with Crippen LogP contribution in [0.1, 0.15) is 36.5 Å². The van der Waals surface area contributed by atoms with Crippen molar-refractivity contribution in [3.63, 3.8) is 0 Å². The fraction of sp³-hybridized carbons (Fsp3) is 0.625. The van der Waals surface area contributed by atoms with Crippen molar-refractivity contribution in [2.24, 2.45) is 29.6 Å². The average molecular weight is 246 g/mol. The smallest absolute Gasteiger partial charge is 0.126 e. The normalized spacial score (nSPS) is 41.8. The molecular weight excluding hydrogens is 227 g/mol. The summed E-state index contributed by atoms with van der Waals surface area (Å²) in [7, 11) is 0.